The van der Waals surface area contributed by atoms with E-state index in [-0.39, 0.29) is 11.9 Å². The molecule has 2 unspecified atom stereocenters. The molecular formula is C11H18N2O4. The molecule has 3 atom stereocenters. The van der Waals surface area contributed by atoms with Gasteiger partial charge in [0.25, 0.3) is 5.91 Å². The van der Waals surface area contributed by atoms with E-state index in [1.165, 1.54) is 6.92 Å². The summed E-state index contributed by atoms with van der Waals surface area (Å²) in [6, 6.07) is 0. The minimum absolute atomic E-state index is 0.00778. The number of nitrogens with one attached hydrogen (secondary N) is 1. The lowest BCUT2D eigenvalue weighted by Gasteiger charge is -2.54. The smallest absolute Gasteiger partial charge is 0.304 e. The van der Waals surface area contributed by atoms with Crippen LogP contribution in [-0.4, -0.2) is 54.3 Å². The van der Waals surface area contributed by atoms with Crippen molar-refractivity contribution in [2.75, 3.05) is 19.6 Å². The minimum Gasteiger partial charge on any atom is -0.443 e. The molecule has 0 aliphatic carbocycles. The fraction of sp³-hybridized carbons (Fsp3) is 0.818. The molecule has 0 aromatic rings. The molecule has 1 spiro atoms. The second kappa shape index (κ2) is 4.27. The van der Waals surface area contributed by atoms with E-state index in [9.17, 15) is 9.59 Å². The van der Waals surface area contributed by atoms with Crippen molar-refractivity contribution in [1.82, 2.24) is 10.2 Å². The Labute approximate surface area is 100 Å². The zero-order valence-corrected chi connectivity index (χ0v) is 10.4. The van der Waals surface area contributed by atoms with E-state index in [2.05, 4.69) is 5.32 Å². The molecular weight excluding hydrogens is 224 g/mol. The van der Waals surface area contributed by atoms with E-state index in [1.54, 1.807) is 11.8 Å². The fourth-order valence-electron chi connectivity index (χ4n) is 2.34. The van der Waals surface area contributed by atoms with Gasteiger partial charge >= 0.3 is 5.97 Å². The van der Waals surface area contributed by atoms with E-state index >= 15 is 0 Å². The standard InChI is InChI=1S/C11H18N2O4/c1-4-13-6-11(17-7(2)9(13)15)5-12-10(11)16-8(3)14/h7,10,12H,4-6H2,1-3H3/t7-,10?,11?/m1/s1. The first-order chi connectivity index (χ1) is 7.98. The minimum atomic E-state index is -0.574. The molecule has 2 heterocycles. The van der Waals surface area contributed by atoms with Crippen LogP contribution in [0.3, 0.4) is 0 Å². The summed E-state index contributed by atoms with van der Waals surface area (Å²) >= 11 is 0. The molecule has 2 aliphatic heterocycles. The Kier molecular flexibility index (Phi) is 3.09. The number of carbonyl (C=O) groups is 2. The first-order valence-electron chi connectivity index (χ1n) is 5.86. The van der Waals surface area contributed by atoms with Crippen molar-refractivity contribution in [1.29, 1.82) is 0 Å². The lowest BCUT2D eigenvalue weighted by Crippen LogP contribution is -2.77. The maximum atomic E-state index is 11.8. The predicted molar refractivity (Wildman–Crippen MR) is 59.1 cm³/mol. The summed E-state index contributed by atoms with van der Waals surface area (Å²) in [6.45, 7) is 6.73. The highest BCUT2D eigenvalue weighted by atomic mass is 16.6. The van der Waals surface area contributed by atoms with Crippen molar-refractivity contribution in [3.63, 3.8) is 0 Å². The molecule has 2 saturated heterocycles. The number of nitrogens with zero attached hydrogens (tertiary/aromatic N) is 1. The number of rotatable bonds is 2. The van der Waals surface area contributed by atoms with E-state index in [1.807, 2.05) is 6.92 Å². The first kappa shape index (κ1) is 12.3. The number of ether oxygens (including phenoxy) is 2. The van der Waals surface area contributed by atoms with Gasteiger partial charge in [0.1, 0.15) is 11.7 Å². The lowest BCUT2D eigenvalue weighted by molar-refractivity contribution is -0.245. The van der Waals surface area contributed by atoms with E-state index in [0.29, 0.717) is 19.6 Å². The molecule has 2 rings (SSSR count). The number of hydrogen-bond donors (Lipinski definition) is 1. The Morgan fingerprint density at radius 3 is 2.88 bits per heavy atom. The monoisotopic (exact) mass is 242 g/mol. The normalized spacial score (nSPS) is 36.9. The highest BCUT2D eigenvalue weighted by Crippen LogP contribution is 2.32. The molecule has 0 bridgehead atoms. The molecule has 0 aromatic carbocycles. The van der Waals surface area contributed by atoms with Crippen LogP contribution < -0.4 is 5.32 Å². The van der Waals surface area contributed by atoms with Gasteiger partial charge in [-0.2, -0.15) is 0 Å². The molecule has 6 nitrogen and oxygen atoms in total. The Morgan fingerprint density at radius 1 is 1.71 bits per heavy atom. The Balaban J connectivity index is 2.10. The SMILES string of the molecule is CCN1CC2(CNC2OC(C)=O)O[C@H](C)C1=O. The number of likely N-dealkylation sites (N-methyl/N-ethyl adjacent to an activating group) is 1. The Hall–Kier alpha value is -1.14. The van der Waals surface area contributed by atoms with Crippen LogP contribution in [0, 0.1) is 0 Å². The zero-order chi connectivity index (χ0) is 12.6. The van der Waals surface area contributed by atoms with Crippen LogP contribution in [0.1, 0.15) is 20.8 Å². The molecule has 0 aromatic heterocycles. The topological polar surface area (TPSA) is 67.9 Å². The average molecular weight is 242 g/mol. The van der Waals surface area contributed by atoms with Crippen molar-refractivity contribution in [3.05, 3.63) is 0 Å². The van der Waals surface area contributed by atoms with Gasteiger partial charge in [0.05, 0.1) is 6.54 Å². The van der Waals surface area contributed by atoms with Crippen molar-refractivity contribution >= 4 is 11.9 Å². The summed E-state index contributed by atoms with van der Waals surface area (Å²) in [4.78, 5) is 24.5. The molecule has 0 radical (unpaired) electrons. The van der Waals surface area contributed by atoms with Crippen LogP contribution in [0.25, 0.3) is 0 Å². The van der Waals surface area contributed by atoms with Gasteiger partial charge in [-0.05, 0) is 13.8 Å². The van der Waals surface area contributed by atoms with Gasteiger partial charge in [-0.3, -0.25) is 14.9 Å². The number of hydrogen-bond acceptors (Lipinski definition) is 5. The summed E-state index contributed by atoms with van der Waals surface area (Å²) in [7, 11) is 0. The van der Waals surface area contributed by atoms with Gasteiger partial charge in [0, 0.05) is 20.0 Å². The molecule has 2 aliphatic rings. The molecule has 96 valence electrons. The van der Waals surface area contributed by atoms with Gasteiger partial charge in [0.2, 0.25) is 0 Å². The summed E-state index contributed by atoms with van der Waals surface area (Å²) in [5.74, 6) is -0.357. The average Bonchev–Trinajstić information content (AvgIpc) is 2.28. The van der Waals surface area contributed by atoms with Gasteiger partial charge in [-0.1, -0.05) is 0 Å². The van der Waals surface area contributed by atoms with Gasteiger partial charge in [0.15, 0.2) is 6.23 Å². The van der Waals surface area contributed by atoms with Crippen LogP contribution >= 0.6 is 0 Å². The second-order valence-corrected chi connectivity index (χ2v) is 4.55. The maximum Gasteiger partial charge on any atom is 0.304 e. The van der Waals surface area contributed by atoms with Crippen LogP contribution in [0.15, 0.2) is 0 Å². The second-order valence-electron chi connectivity index (χ2n) is 4.55. The van der Waals surface area contributed by atoms with Crippen molar-refractivity contribution in [2.45, 2.75) is 38.7 Å². The summed E-state index contributed by atoms with van der Waals surface area (Å²) < 4.78 is 10.9. The third-order valence-corrected chi connectivity index (χ3v) is 3.26. The van der Waals surface area contributed by atoms with E-state index in [4.69, 9.17) is 9.47 Å². The van der Waals surface area contributed by atoms with Crippen molar-refractivity contribution in [3.8, 4) is 0 Å². The van der Waals surface area contributed by atoms with E-state index < -0.39 is 17.9 Å². The molecule has 1 amide bonds. The molecule has 2 fully saturated rings. The highest BCUT2D eigenvalue weighted by Gasteiger charge is 2.56. The third kappa shape index (κ3) is 2.02. The number of esters is 1. The van der Waals surface area contributed by atoms with Gasteiger partial charge in [-0.15, -0.1) is 0 Å². The van der Waals surface area contributed by atoms with Crippen LogP contribution in [0.5, 0.6) is 0 Å². The highest BCUT2D eigenvalue weighted by molar-refractivity contribution is 5.81. The van der Waals surface area contributed by atoms with Crippen LogP contribution in [0.4, 0.5) is 0 Å². The quantitative estimate of drug-likeness (QED) is 0.660. The molecule has 6 heteroatoms. The summed E-state index contributed by atoms with van der Waals surface area (Å²) in [6.07, 6.45) is -0.937. The molecule has 17 heavy (non-hydrogen) atoms. The predicted octanol–water partition coefficient (Wildman–Crippen LogP) is -0.515. The maximum absolute atomic E-state index is 11.8. The molecule has 1 N–H and O–H groups in total. The third-order valence-electron chi connectivity index (χ3n) is 3.26. The zero-order valence-electron chi connectivity index (χ0n) is 10.4. The number of amides is 1. The Morgan fingerprint density at radius 2 is 2.41 bits per heavy atom. The van der Waals surface area contributed by atoms with Crippen molar-refractivity contribution < 1.29 is 19.1 Å². The first-order valence-corrected chi connectivity index (χ1v) is 5.86. The Bertz CT molecular complexity index is 346. The molecule has 0 saturated carbocycles. The van der Waals surface area contributed by atoms with Crippen LogP contribution in [0.2, 0.25) is 0 Å². The van der Waals surface area contributed by atoms with Gasteiger partial charge < -0.3 is 14.4 Å². The number of carbonyl (C=O) groups excluding carboxylic acids is 2. The van der Waals surface area contributed by atoms with E-state index in [0.717, 1.165) is 0 Å². The lowest BCUT2D eigenvalue weighted by atomic mass is 9.90. The van der Waals surface area contributed by atoms with Crippen molar-refractivity contribution in [2.24, 2.45) is 0 Å². The number of morpholine rings is 1. The van der Waals surface area contributed by atoms with Gasteiger partial charge in [-0.25, -0.2) is 0 Å². The largest absolute Gasteiger partial charge is 0.443 e. The fourth-order valence-corrected chi connectivity index (χ4v) is 2.34. The summed E-state index contributed by atoms with van der Waals surface area (Å²) in [5.41, 5.74) is -0.574. The van der Waals surface area contributed by atoms with Crippen LogP contribution in [-0.2, 0) is 19.1 Å². The summed E-state index contributed by atoms with van der Waals surface area (Å²) in [5, 5.41) is 3.01.